The molecule has 0 saturated heterocycles. The predicted octanol–water partition coefficient (Wildman–Crippen LogP) is 6.53. The smallest absolute Gasteiger partial charge is 0.303 e. The van der Waals surface area contributed by atoms with Crippen LogP contribution in [0.3, 0.4) is 0 Å². The Kier molecular flexibility index (Phi) is 23.5. The summed E-state index contributed by atoms with van der Waals surface area (Å²) in [6.07, 6.45) is 24.4. The van der Waals surface area contributed by atoms with Gasteiger partial charge in [-0.25, -0.2) is 0 Å². The summed E-state index contributed by atoms with van der Waals surface area (Å²) in [5, 5.41) is 16.4. The van der Waals surface area contributed by atoms with E-state index in [2.05, 4.69) is 43.4 Å². The summed E-state index contributed by atoms with van der Waals surface area (Å²) >= 11 is 0. The Morgan fingerprint density at radius 1 is 0.654 bits per heavy atom. The summed E-state index contributed by atoms with van der Waals surface area (Å²) in [6, 6.07) is 0. The number of rotatable bonds is 15. The van der Waals surface area contributed by atoms with Crippen LogP contribution in [0.1, 0.15) is 90.9 Å². The maximum atomic E-state index is 10.3. The third-order valence-corrected chi connectivity index (χ3v) is 3.51. The summed E-state index contributed by atoms with van der Waals surface area (Å²) < 4.78 is 0. The number of hydrogen-bond donors (Lipinski definition) is 2. The van der Waals surface area contributed by atoms with Crippen molar-refractivity contribution < 1.29 is 19.8 Å². The van der Waals surface area contributed by atoms with Crippen LogP contribution in [0.5, 0.6) is 0 Å². The second-order valence-corrected chi connectivity index (χ2v) is 6.14. The van der Waals surface area contributed by atoms with Crippen LogP contribution < -0.4 is 0 Å². The molecule has 0 aliphatic carbocycles. The molecule has 0 aliphatic rings. The van der Waals surface area contributed by atoms with Gasteiger partial charge in [0.05, 0.1) is 0 Å². The van der Waals surface area contributed by atoms with Crippen LogP contribution in [0.4, 0.5) is 0 Å². The summed E-state index contributed by atoms with van der Waals surface area (Å²) in [7, 11) is 0. The third-order valence-electron chi connectivity index (χ3n) is 3.51. The van der Waals surface area contributed by atoms with Crippen molar-refractivity contribution in [2.45, 2.75) is 90.9 Å². The number of aliphatic carboxylic acids is 2. The van der Waals surface area contributed by atoms with E-state index in [-0.39, 0.29) is 0 Å². The van der Waals surface area contributed by atoms with Crippen LogP contribution in [0.2, 0.25) is 0 Å². The molecule has 4 heteroatoms. The molecule has 0 rings (SSSR count). The molecule has 0 heterocycles. The lowest BCUT2D eigenvalue weighted by Gasteiger charge is -1.98. The molecule has 0 radical (unpaired) electrons. The van der Waals surface area contributed by atoms with Crippen LogP contribution in [0, 0.1) is 0 Å². The molecule has 4 nitrogen and oxygen atoms in total. The summed E-state index contributed by atoms with van der Waals surface area (Å²) in [6.45, 7) is 3.99. The van der Waals surface area contributed by atoms with E-state index in [4.69, 9.17) is 10.2 Å². The van der Waals surface area contributed by atoms with Crippen LogP contribution in [0.25, 0.3) is 0 Å². The highest BCUT2D eigenvalue weighted by Crippen LogP contribution is 2.07. The predicted molar refractivity (Wildman–Crippen MR) is 109 cm³/mol. The Hall–Kier alpha value is -1.84. The molecule has 0 spiro atoms. The lowest BCUT2D eigenvalue weighted by Crippen LogP contribution is -1.93. The van der Waals surface area contributed by atoms with Gasteiger partial charge >= 0.3 is 11.9 Å². The molecule has 150 valence electrons. The largest absolute Gasteiger partial charge is 0.481 e. The first-order chi connectivity index (χ1) is 12.5. The highest BCUT2D eigenvalue weighted by atomic mass is 16.4. The Morgan fingerprint density at radius 2 is 1.15 bits per heavy atom. The highest BCUT2D eigenvalue weighted by molar-refractivity contribution is 5.66. The number of carboxylic acid groups (broad SMARTS) is 2. The van der Waals surface area contributed by atoms with Gasteiger partial charge in [0.1, 0.15) is 0 Å². The monoisotopic (exact) mass is 366 g/mol. The zero-order chi connectivity index (χ0) is 19.9. The molecular weight excluding hydrogens is 328 g/mol. The quantitative estimate of drug-likeness (QED) is 0.255. The van der Waals surface area contributed by atoms with E-state index in [1.165, 1.54) is 12.8 Å². The minimum atomic E-state index is -0.711. The minimum absolute atomic E-state index is 0.292. The van der Waals surface area contributed by atoms with Gasteiger partial charge in [-0.15, -0.1) is 0 Å². The second-order valence-electron chi connectivity index (χ2n) is 6.14. The highest BCUT2D eigenvalue weighted by Gasteiger charge is 1.95. The number of unbranched alkanes of at least 4 members (excludes halogenated alkanes) is 5. The normalized spacial score (nSPS) is 11.2. The number of carbonyl (C=O) groups is 2. The van der Waals surface area contributed by atoms with Crippen molar-refractivity contribution in [2.24, 2.45) is 0 Å². The molecule has 26 heavy (non-hydrogen) atoms. The SMILES string of the molecule is CC/C=C\C/C=C\C/C=C\CCCCCCCC(=O)O.CCCC(=O)O. The molecule has 0 aromatic rings. The van der Waals surface area contributed by atoms with Crippen molar-refractivity contribution in [2.75, 3.05) is 0 Å². The van der Waals surface area contributed by atoms with Crippen molar-refractivity contribution >= 4 is 11.9 Å². The minimum Gasteiger partial charge on any atom is -0.481 e. The second kappa shape index (κ2) is 23.2. The fourth-order valence-electron chi connectivity index (χ4n) is 2.11. The van der Waals surface area contributed by atoms with Gasteiger partial charge in [-0.3, -0.25) is 9.59 Å². The van der Waals surface area contributed by atoms with Gasteiger partial charge in [-0.2, -0.15) is 0 Å². The van der Waals surface area contributed by atoms with E-state index >= 15 is 0 Å². The van der Waals surface area contributed by atoms with Crippen LogP contribution in [0.15, 0.2) is 36.5 Å². The summed E-state index contributed by atoms with van der Waals surface area (Å²) in [5.41, 5.74) is 0. The van der Waals surface area contributed by atoms with Crippen LogP contribution in [-0.4, -0.2) is 22.2 Å². The first-order valence-corrected chi connectivity index (χ1v) is 9.93. The average molecular weight is 367 g/mol. The maximum Gasteiger partial charge on any atom is 0.303 e. The fourth-order valence-corrected chi connectivity index (χ4v) is 2.11. The molecular formula is C22H38O4. The van der Waals surface area contributed by atoms with Crippen molar-refractivity contribution in [1.29, 1.82) is 0 Å². The van der Waals surface area contributed by atoms with E-state index in [1.807, 2.05) is 6.92 Å². The number of hydrogen-bond acceptors (Lipinski definition) is 2. The van der Waals surface area contributed by atoms with E-state index in [1.54, 1.807) is 0 Å². The Balaban J connectivity index is 0. The maximum absolute atomic E-state index is 10.3. The standard InChI is InChI=1S/C18H30O2.C4H8O2/c1-2-3-4-5-6-7-8-9-10-11-12-13-14-15-16-17-18(19)20;1-2-3-4(5)6/h3-4,6-7,9-10H,2,5,8,11-17H2,1H3,(H,19,20);2-3H2,1H3,(H,5,6)/b4-3-,7-6-,10-9-;. The van der Waals surface area contributed by atoms with Gasteiger partial charge in [0.15, 0.2) is 0 Å². The van der Waals surface area contributed by atoms with Crippen LogP contribution >= 0.6 is 0 Å². The van der Waals surface area contributed by atoms with Gasteiger partial charge in [0, 0.05) is 12.8 Å². The molecule has 0 aromatic heterocycles. The average Bonchev–Trinajstić information content (AvgIpc) is 2.58. The van der Waals surface area contributed by atoms with Crippen molar-refractivity contribution in [3.05, 3.63) is 36.5 Å². The number of allylic oxidation sites excluding steroid dienone is 6. The Morgan fingerprint density at radius 3 is 1.65 bits per heavy atom. The first kappa shape index (κ1) is 26.4. The molecule has 0 atom stereocenters. The molecule has 0 fully saturated rings. The zero-order valence-corrected chi connectivity index (χ0v) is 16.7. The van der Waals surface area contributed by atoms with Gasteiger partial charge < -0.3 is 10.2 Å². The first-order valence-electron chi connectivity index (χ1n) is 9.93. The van der Waals surface area contributed by atoms with Gasteiger partial charge in [-0.05, 0) is 44.9 Å². The van der Waals surface area contributed by atoms with E-state index in [0.717, 1.165) is 51.4 Å². The van der Waals surface area contributed by atoms with E-state index < -0.39 is 11.9 Å². The number of carboxylic acids is 2. The van der Waals surface area contributed by atoms with Gasteiger partial charge in [-0.1, -0.05) is 69.6 Å². The van der Waals surface area contributed by atoms with Crippen LogP contribution in [-0.2, 0) is 9.59 Å². The molecule has 0 bridgehead atoms. The summed E-state index contributed by atoms with van der Waals surface area (Å²) in [4.78, 5) is 19.9. The molecule has 0 unspecified atom stereocenters. The topological polar surface area (TPSA) is 74.6 Å². The van der Waals surface area contributed by atoms with E-state index in [0.29, 0.717) is 12.8 Å². The van der Waals surface area contributed by atoms with E-state index in [9.17, 15) is 9.59 Å². The van der Waals surface area contributed by atoms with Gasteiger partial charge in [0.2, 0.25) is 0 Å². The van der Waals surface area contributed by atoms with Gasteiger partial charge in [0.25, 0.3) is 0 Å². The zero-order valence-electron chi connectivity index (χ0n) is 16.7. The summed E-state index contributed by atoms with van der Waals surface area (Å²) in [5.74, 6) is -1.39. The molecule has 0 aliphatic heterocycles. The molecule has 0 amide bonds. The lowest BCUT2D eigenvalue weighted by atomic mass is 10.1. The Labute approximate surface area is 159 Å². The molecule has 0 saturated carbocycles. The van der Waals surface area contributed by atoms with Crippen molar-refractivity contribution in [1.82, 2.24) is 0 Å². The Bertz CT molecular complexity index is 408. The van der Waals surface area contributed by atoms with Crippen molar-refractivity contribution in [3.63, 3.8) is 0 Å². The molecule has 0 aromatic carbocycles. The molecule has 2 N–H and O–H groups in total. The third kappa shape index (κ3) is 30.1. The lowest BCUT2D eigenvalue weighted by molar-refractivity contribution is -0.138. The fraction of sp³-hybridized carbons (Fsp3) is 0.636. The van der Waals surface area contributed by atoms with Crippen molar-refractivity contribution in [3.8, 4) is 0 Å².